The fourth-order valence-electron chi connectivity index (χ4n) is 3.74. The van der Waals surface area contributed by atoms with Crippen molar-refractivity contribution >= 4 is 5.91 Å². The molecule has 31 heavy (non-hydrogen) atoms. The molecule has 3 heterocycles. The molecule has 3 aromatic rings. The van der Waals surface area contributed by atoms with Gasteiger partial charge in [-0.3, -0.25) is 9.48 Å². The molecule has 9 nitrogen and oxygen atoms in total. The lowest BCUT2D eigenvalue weighted by atomic mass is 10.2. The Morgan fingerprint density at radius 3 is 2.77 bits per heavy atom. The van der Waals surface area contributed by atoms with Crippen LogP contribution in [0.4, 0.5) is 0 Å². The highest BCUT2D eigenvalue weighted by atomic mass is 16.5. The number of ether oxygens (including phenoxy) is 2. The third-order valence-corrected chi connectivity index (χ3v) is 5.29. The monoisotopic (exact) mass is 425 g/mol. The molecule has 0 saturated carbocycles. The Hall–Kier alpha value is -3.20. The number of aryl methyl sites for hydroxylation is 3. The van der Waals surface area contributed by atoms with Crippen LogP contribution >= 0.6 is 0 Å². The third kappa shape index (κ3) is 5.11. The van der Waals surface area contributed by atoms with Crippen LogP contribution in [0.25, 0.3) is 11.4 Å². The predicted molar refractivity (Wildman–Crippen MR) is 112 cm³/mol. The summed E-state index contributed by atoms with van der Waals surface area (Å²) in [5.41, 5.74) is 2.89. The van der Waals surface area contributed by atoms with Gasteiger partial charge >= 0.3 is 0 Å². The molecule has 1 aromatic carbocycles. The molecule has 0 radical (unpaired) electrons. The van der Waals surface area contributed by atoms with E-state index in [9.17, 15) is 4.79 Å². The maximum atomic E-state index is 12.6. The minimum Gasteiger partial charge on any atom is -0.489 e. The van der Waals surface area contributed by atoms with Crippen LogP contribution in [0, 0.1) is 13.8 Å². The Kier molecular flexibility index (Phi) is 6.31. The van der Waals surface area contributed by atoms with Crippen molar-refractivity contribution in [3.63, 3.8) is 0 Å². The smallest absolute Gasteiger partial charge is 0.252 e. The molecule has 1 fully saturated rings. The predicted octanol–water partition coefficient (Wildman–Crippen LogP) is 2.77. The molecule has 0 spiro atoms. The van der Waals surface area contributed by atoms with Crippen LogP contribution in [0.1, 0.15) is 30.1 Å². The second kappa shape index (κ2) is 9.30. The number of aromatic nitrogens is 4. The van der Waals surface area contributed by atoms with E-state index in [1.165, 1.54) is 0 Å². The van der Waals surface area contributed by atoms with Gasteiger partial charge in [0.2, 0.25) is 11.7 Å². The van der Waals surface area contributed by atoms with Crippen molar-refractivity contribution in [3.8, 4) is 17.1 Å². The summed E-state index contributed by atoms with van der Waals surface area (Å²) in [5, 5.41) is 8.38. The van der Waals surface area contributed by atoms with Crippen molar-refractivity contribution < 1.29 is 18.8 Å². The van der Waals surface area contributed by atoms with Crippen LogP contribution in [0.2, 0.25) is 0 Å². The van der Waals surface area contributed by atoms with Gasteiger partial charge in [-0.25, -0.2) is 0 Å². The molecule has 1 atom stereocenters. The van der Waals surface area contributed by atoms with E-state index in [1.54, 1.807) is 7.11 Å². The minimum absolute atomic E-state index is 0.0121. The Morgan fingerprint density at radius 2 is 2.06 bits per heavy atom. The fourth-order valence-corrected chi connectivity index (χ4v) is 3.74. The summed E-state index contributed by atoms with van der Waals surface area (Å²) in [6.45, 7) is 6.16. The highest BCUT2D eigenvalue weighted by Crippen LogP contribution is 2.23. The number of methoxy groups -OCH3 is 1. The summed E-state index contributed by atoms with van der Waals surface area (Å²) in [5.74, 6) is 1.84. The van der Waals surface area contributed by atoms with Crippen LogP contribution in [0.5, 0.6) is 5.75 Å². The van der Waals surface area contributed by atoms with E-state index in [2.05, 4.69) is 15.2 Å². The molecule has 4 rings (SSSR count). The van der Waals surface area contributed by atoms with Gasteiger partial charge in [-0.1, -0.05) is 5.16 Å². The molecular weight excluding hydrogens is 398 g/mol. The molecule has 1 amide bonds. The van der Waals surface area contributed by atoms with Gasteiger partial charge in [-0.15, -0.1) is 0 Å². The van der Waals surface area contributed by atoms with Gasteiger partial charge < -0.3 is 18.9 Å². The lowest BCUT2D eigenvalue weighted by Crippen LogP contribution is -2.31. The Balaban J connectivity index is 1.27. The average molecular weight is 425 g/mol. The van der Waals surface area contributed by atoms with Crippen molar-refractivity contribution in [2.45, 2.75) is 45.9 Å². The van der Waals surface area contributed by atoms with E-state index in [0.717, 1.165) is 29.1 Å². The highest BCUT2D eigenvalue weighted by Gasteiger charge is 2.27. The first-order chi connectivity index (χ1) is 15.0. The zero-order chi connectivity index (χ0) is 21.8. The number of hydrogen-bond acceptors (Lipinski definition) is 7. The van der Waals surface area contributed by atoms with Gasteiger partial charge in [0, 0.05) is 44.3 Å². The second-order valence-corrected chi connectivity index (χ2v) is 7.74. The Morgan fingerprint density at radius 1 is 1.26 bits per heavy atom. The first kappa shape index (κ1) is 21.0. The number of carbonyl (C=O) groups is 1. The molecule has 1 aliphatic heterocycles. The Bertz CT molecular complexity index is 1030. The summed E-state index contributed by atoms with van der Waals surface area (Å²) >= 11 is 0. The summed E-state index contributed by atoms with van der Waals surface area (Å²) < 4.78 is 18.1. The lowest BCUT2D eigenvalue weighted by Gasteiger charge is -2.17. The maximum Gasteiger partial charge on any atom is 0.252 e. The first-order valence-electron chi connectivity index (χ1n) is 10.4. The number of carbonyl (C=O) groups excluding carboxylic acids is 1. The zero-order valence-electron chi connectivity index (χ0n) is 18.1. The van der Waals surface area contributed by atoms with Crippen molar-refractivity contribution in [3.05, 3.63) is 47.6 Å². The van der Waals surface area contributed by atoms with Crippen molar-refractivity contribution in [1.82, 2.24) is 24.8 Å². The number of nitrogens with zero attached hydrogens (tertiary/aromatic N) is 5. The SMILES string of the molecule is COCc1nc(-c2ccc(OC3CCN(C(=O)CCn4nc(C)cc4C)C3)cc2)no1. The third-order valence-electron chi connectivity index (χ3n) is 5.29. The lowest BCUT2D eigenvalue weighted by molar-refractivity contribution is -0.130. The summed E-state index contributed by atoms with van der Waals surface area (Å²) in [7, 11) is 1.58. The van der Waals surface area contributed by atoms with E-state index in [4.69, 9.17) is 14.0 Å². The van der Waals surface area contributed by atoms with E-state index in [1.807, 2.05) is 53.8 Å². The minimum atomic E-state index is -0.0121. The van der Waals surface area contributed by atoms with Gasteiger partial charge in [0.05, 0.1) is 12.2 Å². The van der Waals surface area contributed by atoms with Gasteiger partial charge in [-0.05, 0) is 44.2 Å². The molecule has 1 aliphatic rings. The van der Waals surface area contributed by atoms with Gasteiger partial charge in [-0.2, -0.15) is 10.1 Å². The molecule has 0 bridgehead atoms. The summed E-state index contributed by atoms with van der Waals surface area (Å²) in [6, 6.07) is 9.57. The van der Waals surface area contributed by atoms with Crippen LogP contribution in [-0.4, -0.2) is 57.0 Å². The van der Waals surface area contributed by atoms with Crippen molar-refractivity contribution in [2.24, 2.45) is 0 Å². The normalized spacial score (nSPS) is 16.1. The van der Waals surface area contributed by atoms with Gasteiger partial charge in [0.1, 0.15) is 18.5 Å². The van der Waals surface area contributed by atoms with Gasteiger partial charge in [0.15, 0.2) is 0 Å². The molecule has 2 aromatic heterocycles. The molecule has 0 N–H and O–H groups in total. The van der Waals surface area contributed by atoms with Crippen molar-refractivity contribution in [2.75, 3.05) is 20.2 Å². The zero-order valence-corrected chi connectivity index (χ0v) is 18.1. The van der Waals surface area contributed by atoms with Crippen LogP contribution in [-0.2, 0) is 22.7 Å². The Labute approximate surface area is 180 Å². The first-order valence-corrected chi connectivity index (χ1v) is 10.4. The van der Waals surface area contributed by atoms with E-state index < -0.39 is 0 Å². The molecule has 9 heteroatoms. The number of hydrogen-bond donors (Lipinski definition) is 0. The average Bonchev–Trinajstić information content (AvgIpc) is 3.48. The molecule has 164 valence electrons. The second-order valence-electron chi connectivity index (χ2n) is 7.74. The van der Waals surface area contributed by atoms with E-state index >= 15 is 0 Å². The number of amides is 1. The van der Waals surface area contributed by atoms with E-state index in [-0.39, 0.29) is 18.6 Å². The standard InChI is InChI=1S/C22H27N5O4/c1-15-12-16(2)27(24-15)11-9-21(28)26-10-8-19(13-26)30-18-6-4-17(5-7-18)22-23-20(14-29-3)31-25-22/h4-7,12,19H,8-11,13-14H2,1-3H3. The van der Waals surface area contributed by atoms with Crippen molar-refractivity contribution in [1.29, 1.82) is 0 Å². The summed E-state index contributed by atoms with van der Waals surface area (Å²) in [4.78, 5) is 18.7. The molecule has 0 aliphatic carbocycles. The van der Waals surface area contributed by atoms with Crippen LogP contribution in [0.15, 0.2) is 34.9 Å². The number of likely N-dealkylation sites (tertiary alicyclic amines) is 1. The van der Waals surface area contributed by atoms with Crippen LogP contribution in [0.3, 0.4) is 0 Å². The highest BCUT2D eigenvalue weighted by molar-refractivity contribution is 5.76. The number of rotatable bonds is 8. The van der Waals surface area contributed by atoms with Gasteiger partial charge in [0.25, 0.3) is 5.89 Å². The molecule has 1 saturated heterocycles. The largest absolute Gasteiger partial charge is 0.489 e. The topological polar surface area (TPSA) is 95.5 Å². The van der Waals surface area contributed by atoms with Crippen LogP contribution < -0.4 is 4.74 Å². The summed E-state index contributed by atoms with van der Waals surface area (Å²) in [6.07, 6.45) is 1.25. The quantitative estimate of drug-likeness (QED) is 0.548. The number of benzene rings is 1. The molecule has 1 unspecified atom stereocenters. The van der Waals surface area contributed by atoms with E-state index in [0.29, 0.717) is 37.8 Å². The fraction of sp³-hybridized carbons (Fsp3) is 0.455. The molecular formula is C22H27N5O4. The maximum absolute atomic E-state index is 12.6.